The first-order chi connectivity index (χ1) is 23.2. The van der Waals surface area contributed by atoms with Crippen molar-refractivity contribution in [3.8, 4) is 0 Å². The summed E-state index contributed by atoms with van der Waals surface area (Å²) in [5.74, 6) is 0.549. The van der Waals surface area contributed by atoms with Crippen molar-refractivity contribution in [1.29, 1.82) is 0 Å². The SMILES string of the molecule is CC1OC(OC2C=C3CCC4C(CCC5(C)C(c6ccc(=O)oc6)CCC45O)C3(C)CC2)C(O)C(OC2OC(CO)C(O)C(O)C2O)C1O.[HH].[HH].[HH].[HH]. The molecule has 0 aromatic carbocycles. The molecular formula is C36H60O13. The maximum Gasteiger partial charge on any atom is 0.335 e. The van der Waals surface area contributed by atoms with Gasteiger partial charge in [-0.2, -0.15) is 0 Å². The molecule has 2 saturated heterocycles. The first-order valence-electron chi connectivity index (χ1n) is 17.9. The summed E-state index contributed by atoms with van der Waals surface area (Å²) in [5.41, 5.74) is 0.613. The van der Waals surface area contributed by atoms with E-state index < -0.39 is 73.6 Å². The number of hydrogen-bond acceptors (Lipinski definition) is 13. The molecule has 3 saturated carbocycles. The Morgan fingerprint density at radius 2 is 1.61 bits per heavy atom. The van der Waals surface area contributed by atoms with Crippen LogP contribution in [0.4, 0.5) is 0 Å². The van der Waals surface area contributed by atoms with Gasteiger partial charge in [0, 0.05) is 17.2 Å². The van der Waals surface area contributed by atoms with Crippen LogP contribution in [0, 0.1) is 22.7 Å². The number of ether oxygens (including phenoxy) is 4. The number of hydrogen-bond donors (Lipinski definition) is 7. The van der Waals surface area contributed by atoms with E-state index in [0.29, 0.717) is 18.8 Å². The second-order valence-corrected chi connectivity index (χ2v) is 15.9. The first-order valence-corrected chi connectivity index (χ1v) is 17.9. The molecule has 7 N–H and O–H groups in total. The molecule has 5 fully saturated rings. The summed E-state index contributed by atoms with van der Waals surface area (Å²) in [7, 11) is 0. The van der Waals surface area contributed by atoms with Crippen LogP contribution in [0.15, 0.2) is 39.3 Å². The maximum atomic E-state index is 12.5. The molecule has 17 atom stereocenters. The van der Waals surface area contributed by atoms with Crippen molar-refractivity contribution in [2.75, 3.05) is 6.61 Å². The van der Waals surface area contributed by atoms with Gasteiger partial charge < -0.3 is 59.1 Å². The number of allylic oxidation sites excluding steroid dienone is 1. The zero-order valence-electron chi connectivity index (χ0n) is 28.3. The quantitative estimate of drug-likeness (QED) is 0.212. The van der Waals surface area contributed by atoms with Crippen molar-refractivity contribution in [2.24, 2.45) is 22.7 Å². The van der Waals surface area contributed by atoms with Crippen LogP contribution in [-0.2, 0) is 18.9 Å². The molecular weight excluding hydrogens is 640 g/mol. The molecule has 13 nitrogen and oxygen atoms in total. The van der Waals surface area contributed by atoms with Gasteiger partial charge >= 0.3 is 5.63 Å². The van der Waals surface area contributed by atoms with Crippen LogP contribution >= 0.6 is 0 Å². The summed E-state index contributed by atoms with van der Waals surface area (Å²) < 4.78 is 28.7. The minimum atomic E-state index is -1.70. The molecule has 49 heavy (non-hydrogen) atoms. The minimum Gasteiger partial charge on any atom is -0.431 e. The number of aliphatic hydroxyl groups is 7. The zero-order valence-corrected chi connectivity index (χ0v) is 28.3. The van der Waals surface area contributed by atoms with E-state index in [1.54, 1.807) is 13.2 Å². The van der Waals surface area contributed by atoms with Crippen molar-refractivity contribution in [2.45, 2.75) is 151 Å². The normalized spacial score (nSPS) is 51.3. The largest absolute Gasteiger partial charge is 0.431 e. The third-order valence-corrected chi connectivity index (χ3v) is 13.6. The molecule has 282 valence electrons. The van der Waals surface area contributed by atoms with Crippen molar-refractivity contribution in [3.05, 3.63) is 46.0 Å². The molecule has 0 bridgehead atoms. The van der Waals surface area contributed by atoms with E-state index >= 15 is 0 Å². The van der Waals surface area contributed by atoms with E-state index in [1.807, 2.05) is 6.07 Å². The fourth-order valence-corrected chi connectivity index (χ4v) is 10.7. The Labute approximate surface area is 291 Å². The van der Waals surface area contributed by atoms with Crippen molar-refractivity contribution < 1.29 is 64.8 Å². The average molecular weight is 701 g/mol. The highest BCUT2D eigenvalue weighted by molar-refractivity contribution is 5.31. The van der Waals surface area contributed by atoms with Crippen LogP contribution in [0.5, 0.6) is 0 Å². The second kappa shape index (κ2) is 13.0. The van der Waals surface area contributed by atoms with E-state index in [1.165, 1.54) is 11.6 Å². The average Bonchev–Trinajstić information content (AvgIpc) is 3.36. The van der Waals surface area contributed by atoms with Crippen LogP contribution in [-0.4, -0.2) is 115 Å². The third kappa shape index (κ3) is 5.68. The summed E-state index contributed by atoms with van der Waals surface area (Å²) in [5, 5.41) is 75.1. The van der Waals surface area contributed by atoms with Gasteiger partial charge in [0.1, 0.15) is 42.7 Å². The molecule has 7 rings (SSSR count). The molecule has 13 heteroatoms. The fourth-order valence-electron chi connectivity index (χ4n) is 10.7. The van der Waals surface area contributed by atoms with Crippen LogP contribution in [0.2, 0.25) is 0 Å². The van der Waals surface area contributed by atoms with E-state index in [2.05, 4.69) is 19.9 Å². The Morgan fingerprint density at radius 1 is 0.857 bits per heavy atom. The van der Waals surface area contributed by atoms with Gasteiger partial charge in [0.2, 0.25) is 0 Å². The Kier molecular flexibility index (Phi) is 9.48. The lowest BCUT2D eigenvalue weighted by molar-refractivity contribution is -0.359. The molecule has 6 aliphatic rings. The van der Waals surface area contributed by atoms with Gasteiger partial charge in [0.15, 0.2) is 12.6 Å². The Bertz CT molecular complexity index is 1450. The fraction of sp³-hybridized carbons (Fsp3) is 0.806. The van der Waals surface area contributed by atoms with Gasteiger partial charge in [0.05, 0.1) is 30.7 Å². The topological polar surface area (TPSA) is 209 Å². The van der Waals surface area contributed by atoms with Gasteiger partial charge in [-0.3, -0.25) is 0 Å². The highest BCUT2D eigenvalue weighted by Gasteiger charge is 2.67. The number of aliphatic hydroxyl groups excluding tert-OH is 6. The van der Waals surface area contributed by atoms with Crippen LogP contribution in [0.1, 0.15) is 89.3 Å². The second-order valence-electron chi connectivity index (χ2n) is 15.9. The molecule has 2 aliphatic heterocycles. The Morgan fingerprint density at radius 3 is 2.33 bits per heavy atom. The van der Waals surface area contributed by atoms with E-state index in [-0.39, 0.29) is 40.1 Å². The van der Waals surface area contributed by atoms with Gasteiger partial charge in [-0.05, 0) is 93.1 Å². The Hall–Kier alpha value is -1.75. The van der Waals surface area contributed by atoms with Crippen molar-refractivity contribution in [3.63, 3.8) is 0 Å². The summed E-state index contributed by atoms with van der Waals surface area (Å²) in [4.78, 5) is 11.6. The monoisotopic (exact) mass is 700 g/mol. The lowest BCUT2D eigenvalue weighted by atomic mass is 9.45. The minimum absolute atomic E-state index is 0. The van der Waals surface area contributed by atoms with Gasteiger partial charge in [-0.1, -0.05) is 25.5 Å². The predicted octanol–water partition coefficient (Wildman–Crippen LogP) is 1.82. The molecule has 0 spiro atoms. The predicted molar refractivity (Wildman–Crippen MR) is 179 cm³/mol. The summed E-state index contributed by atoms with van der Waals surface area (Å²) >= 11 is 0. The molecule has 0 amide bonds. The summed E-state index contributed by atoms with van der Waals surface area (Å²) in [6.45, 7) is 5.49. The standard InChI is InChI=1S/C36H52O13.4H2/c1-17-26(39)31(49-32-29(42)28(41)27(40)24(15-37)48-32)30(43)33(46-17)47-20-8-11-34(2)19(14-20)5-6-23-22(34)9-12-35(3)21(10-13-36(23,35)44)18-4-7-25(38)45-16-18;;;;/h4,7,14,16-17,20-24,26-33,37,39-44H,5-6,8-13,15H2,1-3H3;4*1H. The first kappa shape index (κ1) is 35.6. The number of fused-ring (bicyclic) bond motifs is 5. The van der Waals surface area contributed by atoms with Crippen LogP contribution < -0.4 is 5.63 Å². The highest BCUT2D eigenvalue weighted by Crippen LogP contribution is 2.70. The van der Waals surface area contributed by atoms with E-state index in [4.69, 9.17) is 23.4 Å². The van der Waals surface area contributed by atoms with E-state index in [0.717, 1.165) is 44.1 Å². The van der Waals surface area contributed by atoms with E-state index in [9.17, 15) is 40.5 Å². The molecule has 1 aromatic heterocycles. The zero-order chi connectivity index (χ0) is 35.0. The van der Waals surface area contributed by atoms with Gasteiger partial charge in [-0.25, -0.2) is 4.79 Å². The lowest BCUT2D eigenvalue weighted by Gasteiger charge is -2.62. The molecule has 0 radical (unpaired) electrons. The Balaban J connectivity index is 0.00000189. The smallest absolute Gasteiger partial charge is 0.335 e. The molecule has 4 aliphatic carbocycles. The van der Waals surface area contributed by atoms with Crippen molar-refractivity contribution >= 4 is 0 Å². The van der Waals surface area contributed by atoms with Gasteiger partial charge in [-0.15, -0.1) is 0 Å². The maximum absolute atomic E-state index is 12.5. The molecule has 1 aromatic rings. The summed E-state index contributed by atoms with van der Waals surface area (Å²) in [6.07, 6.45) is -3.95. The molecule has 3 heterocycles. The van der Waals surface area contributed by atoms with Crippen LogP contribution in [0.25, 0.3) is 0 Å². The lowest BCUT2D eigenvalue weighted by Crippen LogP contribution is -2.64. The third-order valence-electron chi connectivity index (χ3n) is 13.6. The molecule has 17 unspecified atom stereocenters. The number of rotatable bonds is 6. The van der Waals surface area contributed by atoms with Crippen LogP contribution in [0.3, 0.4) is 0 Å². The van der Waals surface area contributed by atoms with Crippen molar-refractivity contribution in [1.82, 2.24) is 0 Å². The summed E-state index contributed by atoms with van der Waals surface area (Å²) in [6, 6.07) is 3.32. The highest BCUT2D eigenvalue weighted by atomic mass is 16.7. The van der Waals surface area contributed by atoms with Gasteiger partial charge in [0.25, 0.3) is 0 Å².